The molecule has 1 amide bonds. The van der Waals surface area contributed by atoms with Gasteiger partial charge in [0, 0.05) is 5.56 Å². The molecule has 156 valence electrons. The smallest absolute Gasteiger partial charge is 0.277 e. The van der Waals surface area contributed by atoms with Crippen molar-refractivity contribution < 1.29 is 18.7 Å². The van der Waals surface area contributed by atoms with Crippen LogP contribution in [0.1, 0.15) is 30.0 Å². The van der Waals surface area contributed by atoms with E-state index >= 15 is 0 Å². The number of hydrogen-bond donors (Lipinski definition) is 1. The van der Waals surface area contributed by atoms with Crippen molar-refractivity contribution >= 4 is 17.7 Å². The van der Waals surface area contributed by atoms with E-state index in [1.165, 1.54) is 22.9 Å². The van der Waals surface area contributed by atoms with Crippen LogP contribution >= 0.6 is 11.8 Å². The summed E-state index contributed by atoms with van der Waals surface area (Å²) in [5, 5.41) is 11.6. The van der Waals surface area contributed by atoms with Crippen LogP contribution in [0, 0.1) is 0 Å². The molecule has 0 saturated heterocycles. The third-order valence-electron chi connectivity index (χ3n) is 5.07. The van der Waals surface area contributed by atoms with Crippen molar-refractivity contribution in [2.75, 3.05) is 20.0 Å². The Morgan fingerprint density at radius 1 is 1.17 bits per heavy atom. The standard InChI is InChI=1S/C22H23N3O4S/c1-27-18-11-10-15(12-19(18)28-2)21-24-25-22(29-21)30-13-20(26)23-17-9-5-7-14-6-3-4-8-16(14)17/h3-4,6,8,10-12,17H,5,7,9,13H2,1-2H3,(H,23,26)/t17-/m1/s1. The lowest BCUT2D eigenvalue weighted by Crippen LogP contribution is -2.32. The van der Waals surface area contributed by atoms with Crippen molar-refractivity contribution in [2.24, 2.45) is 0 Å². The summed E-state index contributed by atoms with van der Waals surface area (Å²) >= 11 is 1.22. The normalized spacial score (nSPS) is 15.3. The van der Waals surface area contributed by atoms with Crippen molar-refractivity contribution in [3.05, 3.63) is 53.6 Å². The quantitative estimate of drug-likeness (QED) is 0.572. The van der Waals surface area contributed by atoms with Crippen molar-refractivity contribution in [1.82, 2.24) is 15.5 Å². The summed E-state index contributed by atoms with van der Waals surface area (Å²) in [6, 6.07) is 13.7. The number of nitrogens with one attached hydrogen (secondary N) is 1. The van der Waals surface area contributed by atoms with Gasteiger partial charge in [0.2, 0.25) is 11.8 Å². The molecule has 30 heavy (non-hydrogen) atoms. The monoisotopic (exact) mass is 425 g/mol. The van der Waals surface area contributed by atoms with Crippen LogP contribution in [0.25, 0.3) is 11.5 Å². The molecule has 0 bridgehead atoms. The Hall–Kier alpha value is -3.00. The maximum Gasteiger partial charge on any atom is 0.277 e. The van der Waals surface area contributed by atoms with Crippen LogP contribution in [0.5, 0.6) is 11.5 Å². The third kappa shape index (κ3) is 4.43. The second-order valence-electron chi connectivity index (χ2n) is 6.94. The minimum atomic E-state index is -0.0485. The molecule has 3 aromatic rings. The number of hydrogen-bond acceptors (Lipinski definition) is 7. The summed E-state index contributed by atoms with van der Waals surface area (Å²) in [6.07, 6.45) is 3.10. The Balaban J connectivity index is 1.36. The molecule has 2 aromatic carbocycles. The van der Waals surface area contributed by atoms with Gasteiger partial charge in [-0.15, -0.1) is 10.2 Å². The zero-order valence-electron chi connectivity index (χ0n) is 16.9. The van der Waals surface area contributed by atoms with Gasteiger partial charge >= 0.3 is 0 Å². The number of amides is 1. The van der Waals surface area contributed by atoms with E-state index in [4.69, 9.17) is 13.9 Å². The molecule has 1 heterocycles. The van der Waals surface area contributed by atoms with Crippen LogP contribution in [0.2, 0.25) is 0 Å². The van der Waals surface area contributed by atoms with Gasteiger partial charge in [0.1, 0.15) is 0 Å². The van der Waals surface area contributed by atoms with E-state index in [2.05, 4.69) is 27.6 Å². The van der Waals surface area contributed by atoms with Crippen molar-refractivity contribution in [3.63, 3.8) is 0 Å². The average molecular weight is 426 g/mol. The molecule has 0 aliphatic heterocycles. The van der Waals surface area contributed by atoms with Crippen LogP contribution < -0.4 is 14.8 Å². The average Bonchev–Trinajstić information content (AvgIpc) is 3.26. The van der Waals surface area contributed by atoms with Gasteiger partial charge in [-0.25, -0.2) is 0 Å². The van der Waals surface area contributed by atoms with Crippen LogP contribution in [-0.4, -0.2) is 36.1 Å². The van der Waals surface area contributed by atoms with Crippen LogP contribution in [0.3, 0.4) is 0 Å². The molecule has 7 nitrogen and oxygen atoms in total. The van der Waals surface area contributed by atoms with E-state index in [9.17, 15) is 4.79 Å². The fourth-order valence-corrected chi connectivity index (χ4v) is 4.20. The Labute approximate surface area is 179 Å². The lowest BCUT2D eigenvalue weighted by atomic mass is 9.88. The summed E-state index contributed by atoms with van der Waals surface area (Å²) in [5.74, 6) is 1.73. The van der Waals surface area contributed by atoms with Crippen LogP contribution in [0.4, 0.5) is 0 Å². The highest BCUT2D eigenvalue weighted by Gasteiger charge is 2.22. The van der Waals surface area contributed by atoms with Gasteiger partial charge in [0.05, 0.1) is 26.0 Å². The lowest BCUT2D eigenvalue weighted by Gasteiger charge is -2.26. The molecule has 1 N–H and O–H groups in total. The van der Waals surface area contributed by atoms with Crippen LogP contribution in [-0.2, 0) is 11.2 Å². The number of carbonyl (C=O) groups excluding carboxylic acids is 1. The number of thioether (sulfide) groups is 1. The fourth-order valence-electron chi connectivity index (χ4n) is 3.62. The summed E-state index contributed by atoms with van der Waals surface area (Å²) in [7, 11) is 3.15. The second kappa shape index (κ2) is 9.21. The van der Waals surface area contributed by atoms with E-state index in [1.807, 2.05) is 18.2 Å². The Kier molecular flexibility index (Phi) is 6.23. The zero-order valence-corrected chi connectivity index (χ0v) is 17.7. The number of aromatic nitrogens is 2. The van der Waals surface area contributed by atoms with Crippen LogP contribution in [0.15, 0.2) is 52.1 Å². The highest BCUT2D eigenvalue weighted by molar-refractivity contribution is 7.99. The van der Waals surface area contributed by atoms with E-state index < -0.39 is 0 Å². The van der Waals surface area contributed by atoms with E-state index in [0.717, 1.165) is 24.8 Å². The molecule has 0 saturated carbocycles. The predicted octanol–water partition coefficient (Wildman–Crippen LogP) is 4.04. The molecule has 1 atom stereocenters. The first kappa shape index (κ1) is 20.3. The summed E-state index contributed by atoms with van der Waals surface area (Å²) in [4.78, 5) is 12.5. The SMILES string of the molecule is COc1ccc(-c2nnc(SCC(=O)N[C@@H]3CCCc4ccccc43)o2)cc1OC. The predicted molar refractivity (Wildman–Crippen MR) is 114 cm³/mol. The Bertz CT molecular complexity index is 1040. The van der Waals surface area contributed by atoms with Gasteiger partial charge in [-0.2, -0.15) is 0 Å². The van der Waals surface area contributed by atoms with Gasteiger partial charge in [0.15, 0.2) is 11.5 Å². The molecule has 0 spiro atoms. The van der Waals surface area contributed by atoms with Gasteiger partial charge in [0.25, 0.3) is 5.22 Å². The minimum Gasteiger partial charge on any atom is -0.493 e. The molecule has 1 aliphatic rings. The maximum atomic E-state index is 12.5. The molecule has 4 rings (SSSR count). The highest BCUT2D eigenvalue weighted by Crippen LogP contribution is 2.33. The third-order valence-corrected chi connectivity index (χ3v) is 5.89. The number of methoxy groups -OCH3 is 2. The van der Waals surface area contributed by atoms with Gasteiger partial charge in [-0.05, 0) is 48.6 Å². The molecule has 0 fully saturated rings. The molecule has 1 aliphatic carbocycles. The number of aryl methyl sites for hydroxylation is 1. The first-order chi connectivity index (χ1) is 14.7. The Morgan fingerprint density at radius 3 is 2.83 bits per heavy atom. The van der Waals surface area contributed by atoms with Gasteiger partial charge in [-0.3, -0.25) is 4.79 Å². The zero-order chi connectivity index (χ0) is 20.9. The maximum absolute atomic E-state index is 12.5. The van der Waals surface area contributed by atoms with Crippen molar-refractivity contribution in [2.45, 2.75) is 30.5 Å². The summed E-state index contributed by atoms with van der Waals surface area (Å²) < 4.78 is 16.3. The molecule has 0 unspecified atom stereocenters. The van der Waals surface area contributed by atoms with Gasteiger partial charge < -0.3 is 19.2 Å². The summed E-state index contributed by atoms with van der Waals surface area (Å²) in [6.45, 7) is 0. The number of nitrogens with zero attached hydrogens (tertiary/aromatic N) is 2. The number of fused-ring (bicyclic) bond motifs is 1. The fraction of sp³-hybridized carbons (Fsp3) is 0.318. The number of ether oxygens (including phenoxy) is 2. The summed E-state index contributed by atoms with van der Waals surface area (Å²) in [5.41, 5.74) is 3.25. The second-order valence-corrected chi connectivity index (χ2v) is 7.87. The topological polar surface area (TPSA) is 86.5 Å². The van der Waals surface area contributed by atoms with E-state index in [0.29, 0.717) is 22.6 Å². The lowest BCUT2D eigenvalue weighted by molar-refractivity contribution is -0.119. The van der Waals surface area contributed by atoms with Crippen molar-refractivity contribution in [1.29, 1.82) is 0 Å². The Morgan fingerprint density at radius 2 is 2.00 bits per heavy atom. The molecule has 1 aromatic heterocycles. The number of benzene rings is 2. The number of carbonyl (C=O) groups is 1. The molecule has 0 radical (unpaired) electrons. The molecular formula is C22H23N3O4S. The largest absolute Gasteiger partial charge is 0.493 e. The first-order valence-electron chi connectivity index (χ1n) is 9.74. The van der Waals surface area contributed by atoms with Crippen molar-refractivity contribution in [3.8, 4) is 23.0 Å². The van der Waals surface area contributed by atoms with E-state index in [1.54, 1.807) is 26.4 Å². The van der Waals surface area contributed by atoms with Gasteiger partial charge in [-0.1, -0.05) is 36.0 Å². The number of rotatable bonds is 7. The highest BCUT2D eigenvalue weighted by atomic mass is 32.2. The molecule has 8 heteroatoms. The first-order valence-corrected chi connectivity index (χ1v) is 10.7. The minimum absolute atomic E-state index is 0.0485. The van der Waals surface area contributed by atoms with E-state index in [-0.39, 0.29) is 17.7 Å². The molecular weight excluding hydrogens is 402 g/mol.